The van der Waals surface area contributed by atoms with Gasteiger partial charge in [0.25, 0.3) is 0 Å². The van der Waals surface area contributed by atoms with Gasteiger partial charge in [0, 0.05) is 14.2 Å². The molecule has 0 aliphatic heterocycles. The monoisotopic (exact) mass is 144 g/mol. The van der Waals surface area contributed by atoms with E-state index in [0.29, 0.717) is 9.52 Å². The van der Waals surface area contributed by atoms with Crippen LogP contribution in [0.2, 0.25) is 6.04 Å². The van der Waals surface area contributed by atoms with Gasteiger partial charge in [-0.1, -0.05) is 6.08 Å². The van der Waals surface area contributed by atoms with E-state index in [-0.39, 0.29) is 5.91 Å². The van der Waals surface area contributed by atoms with Crippen molar-refractivity contribution in [1.29, 1.82) is 0 Å². The van der Waals surface area contributed by atoms with Crippen molar-refractivity contribution in [3.05, 3.63) is 12.7 Å². The SMILES string of the molecule is C=CC[Si]C(OC)OC. The molecule has 0 atom stereocenters. The van der Waals surface area contributed by atoms with Crippen molar-refractivity contribution in [2.24, 2.45) is 0 Å². The van der Waals surface area contributed by atoms with Crippen molar-refractivity contribution in [1.82, 2.24) is 0 Å². The van der Waals surface area contributed by atoms with Gasteiger partial charge in [0.2, 0.25) is 0 Å². The fraction of sp³-hybridized carbons (Fsp3) is 0.667. The van der Waals surface area contributed by atoms with E-state index < -0.39 is 0 Å². The highest BCUT2D eigenvalue weighted by Crippen LogP contribution is 1.91. The smallest absolute Gasteiger partial charge is 0.136 e. The molecule has 2 radical (unpaired) electrons. The molecular formula is C6H12O2Si. The molecule has 0 saturated carbocycles. The number of hydrogen-bond acceptors (Lipinski definition) is 2. The van der Waals surface area contributed by atoms with Gasteiger partial charge in [0.1, 0.15) is 15.4 Å². The third-order valence-electron chi connectivity index (χ3n) is 0.857. The van der Waals surface area contributed by atoms with E-state index in [1.165, 1.54) is 0 Å². The van der Waals surface area contributed by atoms with Gasteiger partial charge in [0.05, 0.1) is 0 Å². The van der Waals surface area contributed by atoms with Gasteiger partial charge in [0.15, 0.2) is 0 Å². The van der Waals surface area contributed by atoms with Gasteiger partial charge in [-0.3, -0.25) is 0 Å². The Morgan fingerprint density at radius 2 is 2.11 bits per heavy atom. The molecule has 52 valence electrons. The molecule has 0 spiro atoms. The van der Waals surface area contributed by atoms with Crippen LogP contribution >= 0.6 is 0 Å². The normalized spacial score (nSPS) is 10.1. The zero-order valence-electron chi connectivity index (χ0n) is 5.89. The third kappa shape index (κ3) is 4.38. The van der Waals surface area contributed by atoms with Crippen molar-refractivity contribution in [2.75, 3.05) is 14.2 Å². The summed E-state index contributed by atoms with van der Waals surface area (Å²) < 4.78 is 9.89. The molecule has 0 N–H and O–H groups in total. The molecule has 0 rings (SSSR count). The lowest BCUT2D eigenvalue weighted by Crippen LogP contribution is -2.20. The van der Waals surface area contributed by atoms with E-state index in [0.717, 1.165) is 6.04 Å². The predicted octanol–water partition coefficient (Wildman–Crippen LogP) is 0.871. The molecule has 0 aliphatic carbocycles. The second kappa shape index (κ2) is 6.00. The van der Waals surface area contributed by atoms with Crippen LogP contribution in [0.3, 0.4) is 0 Å². The Morgan fingerprint density at radius 3 is 2.44 bits per heavy atom. The highest BCUT2D eigenvalue weighted by molar-refractivity contribution is 6.37. The second-order valence-corrected chi connectivity index (χ2v) is 2.79. The average molecular weight is 144 g/mol. The molecule has 0 aliphatic rings. The fourth-order valence-corrected chi connectivity index (χ4v) is 1.13. The average Bonchev–Trinajstić information content (AvgIpc) is 1.91. The molecule has 2 nitrogen and oxygen atoms in total. The first-order valence-electron chi connectivity index (χ1n) is 2.75. The van der Waals surface area contributed by atoms with Crippen LogP contribution in [0.5, 0.6) is 0 Å². The highest BCUT2D eigenvalue weighted by atomic mass is 28.2. The minimum Gasteiger partial charge on any atom is -0.360 e. The van der Waals surface area contributed by atoms with Crippen molar-refractivity contribution < 1.29 is 9.47 Å². The first kappa shape index (κ1) is 8.88. The van der Waals surface area contributed by atoms with Gasteiger partial charge in [-0.2, -0.15) is 0 Å². The summed E-state index contributed by atoms with van der Waals surface area (Å²) in [4.78, 5) is 0. The maximum Gasteiger partial charge on any atom is 0.136 e. The number of methoxy groups -OCH3 is 2. The van der Waals surface area contributed by atoms with Crippen molar-refractivity contribution in [3.8, 4) is 0 Å². The standard InChI is InChI=1S/C6H12O2Si/c1-4-5-9-6(7-2)8-3/h4,6H,1,5H2,2-3H3. The van der Waals surface area contributed by atoms with Crippen LogP contribution in [0.15, 0.2) is 12.7 Å². The summed E-state index contributed by atoms with van der Waals surface area (Å²) in [5.41, 5.74) is 0. The minimum absolute atomic E-state index is 0.0389. The summed E-state index contributed by atoms with van der Waals surface area (Å²) in [7, 11) is 3.95. The Hall–Kier alpha value is -0.123. The Kier molecular flexibility index (Phi) is 5.92. The number of ether oxygens (including phenoxy) is 2. The van der Waals surface area contributed by atoms with Gasteiger partial charge in [-0.25, -0.2) is 0 Å². The highest BCUT2D eigenvalue weighted by Gasteiger charge is 2.02. The zero-order chi connectivity index (χ0) is 7.11. The minimum atomic E-state index is -0.0389. The summed E-state index contributed by atoms with van der Waals surface area (Å²) in [6, 6.07) is 0.965. The maximum atomic E-state index is 4.94. The molecule has 0 aromatic heterocycles. The Balaban J connectivity index is 3.19. The molecule has 9 heavy (non-hydrogen) atoms. The van der Waals surface area contributed by atoms with E-state index in [4.69, 9.17) is 9.47 Å². The summed E-state index contributed by atoms with van der Waals surface area (Å²) in [6.07, 6.45) is 1.86. The number of rotatable bonds is 5. The summed E-state index contributed by atoms with van der Waals surface area (Å²) >= 11 is 0. The predicted molar refractivity (Wildman–Crippen MR) is 38.6 cm³/mol. The molecule has 0 unspecified atom stereocenters. The van der Waals surface area contributed by atoms with Crippen LogP contribution in [0, 0.1) is 0 Å². The van der Waals surface area contributed by atoms with Gasteiger partial charge in [-0.05, 0) is 6.04 Å². The number of allylic oxidation sites excluding steroid dienone is 1. The third-order valence-corrected chi connectivity index (χ3v) is 2.19. The number of hydrogen-bond donors (Lipinski definition) is 0. The Bertz CT molecular complexity index is 71.5. The summed E-state index contributed by atoms with van der Waals surface area (Å²) in [6.45, 7) is 3.60. The van der Waals surface area contributed by atoms with Gasteiger partial charge in [-0.15, -0.1) is 6.58 Å². The quantitative estimate of drug-likeness (QED) is 0.324. The molecule has 0 aromatic carbocycles. The van der Waals surface area contributed by atoms with E-state index in [1.54, 1.807) is 14.2 Å². The second-order valence-electron chi connectivity index (χ2n) is 1.50. The van der Waals surface area contributed by atoms with Crippen molar-refractivity contribution in [3.63, 3.8) is 0 Å². The van der Waals surface area contributed by atoms with E-state index in [2.05, 4.69) is 6.58 Å². The first-order chi connectivity index (χ1) is 4.35. The van der Waals surface area contributed by atoms with Crippen molar-refractivity contribution in [2.45, 2.75) is 12.0 Å². The van der Waals surface area contributed by atoms with Crippen LogP contribution in [0.4, 0.5) is 0 Å². The molecule has 3 heteroatoms. The first-order valence-corrected chi connectivity index (χ1v) is 4.03. The summed E-state index contributed by atoms with van der Waals surface area (Å²) in [5, 5.41) is 0. The van der Waals surface area contributed by atoms with Gasteiger partial charge < -0.3 is 9.47 Å². The fourth-order valence-electron chi connectivity index (χ4n) is 0.442. The lowest BCUT2D eigenvalue weighted by atomic mass is 10.8. The van der Waals surface area contributed by atoms with Crippen LogP contribution in [0.1, 0.15) is 0 Å². The molecule has 0 heterocycles. The molecule has 0 aromatic rings. The van der Waals surface area contributed by atoms with Crippen LogP contribution in [0.25, 0.3) is 0 Å². The lowest BCUT2D eigenvalue weighted by Gasteiger charge is -2.09. The van der Waals surface area contributed by atoms with Crippen LogP contribution in [-0.4, -0.2) is 29.7 Å². The molecule has 0 bridgehead atoms. The molecule has 0 fully saturated rings. The van der Waals surface area contributed by atoms with E-state index in [9.17, 15) is 0 Å². The Morgan fingerprint density at radius 1 is 1.56 bits per heavy atom. The molecule has 0 saturated heterocycles. The van der Waals surface area contributed by atoms with Crippen LogP contribution in [-0.2, 0) is 9.47 Å². The van der Waals surface area contributed by atoms with Gasteiger partial charge >= 0.3 is 0 Å². The van der Waals surface area contributed by atoms with Crippen LogP contribution < -0.4 is 0 Å². The topological polar surface area (TPSA) is 18.5 Å². The van der Waals surface area contributed by atoms with E-state index in [1.807, 2.05) is 6.08 Å². The molecular weight excluding hydrogens is 132 g/mol. The largest absolute Gasteiger partial charge is 0.360 e. The van der Waals surface area contributed by atoms with Crippen molar-refractivity contribution >= 4 is 9.52 Å². The summed E-state index contributed by atoms with van der Waals surface area (Å²) in [5.74, 6) is -0.0389. The zero-order valence-corrected chi connectivity index (χ0v) is 6.89. The lowest BCUT2D eigenvalue weighted by molar-refractivity contribution is -0.0438. The van der Waals surface area contributed by atoms with E-state index >= 15 is 0 Å². The Labute approximate surface area is 58.7 Å². The molecule has 0 amide bonds. The maximum absolute atomic E-state index is 4.94.